The van der Waals surface area contributed by atoms with Crippen molar-refractivity contribution in [3.8, 4) is 0 Å². The van der Waals surface area contributed by atoms with Crippen molar-refractivity contribution in [3.63, 3.8) is 0 Å². The Morgan fingerprint density at radius 1 is 1.02 bits per heavy atom. The average Bonchev–Trinajstić information content (AvgIpc) is 3.26. The predicted octanol–water partition coefficient (Wildman–Crippen LogP) is 5.38. The number of hydrogen-bond donors (Lipinski definition) is 2. The number of carbonyl (C=O) groups is 3. The molecule has 0 bridgehead atoms. The summed E-state index contributed by atoms with van der Waals surface area (Å²) in [5.74, 6) is -0.402. The van der Waals surface area contributed by atoms with E-state index in [2.05, 4.69) is 17.6 Å². The van der Waals surface area contributed by atoms with E-state index in [0.717, 1.165) is 25.7 Å². The van der Waals surface area contributed by atoms with E-state index in [1.54, 1.807) is 75.0 Å². The summed E-state index contributed by atoms with van der Waals surface area (Å²) in [7, 11) is 0.223. The first kappa shape index (κ1) is 32.9. The van der Waals surface area contributed by atoms with Crippen molar-refractivity contribution >= 4 is 44.8 Å². The van der Waals surface area contributed by atoms with Crippen LogP contribution in [-0.2, 0) is 19.4 Å². The lowest BCUT2D eigenvalue weighted by Gasteiger charge is -2.23. The highest BCUT2D eigenvalue weighted by molar-refractivity contribution is 7.91. The fraction of sp³-hybridized carbons (Fsp3) is 0.516. The molecule has 1 saturated heterocycles. The number of ether oxygens (including phenoxy) is 1. The molecule has 1 fully saturated rings. The highest BCUT2D eigenvalue weighted by Gasteiger charge is 2.33. The van der Waals surface area contributed by atoms with E-state index in [1.165, 1.54) is 12.1 Å². The highest BCUT2D eigenvalue weighted by atomic mass is 32.2. The smallest absolute Gasteiger partial charge is 0.407 e. The van der Waals surface area contributed by atoms with Gasteiger partial charge in [0.2, 0.25) is 5.91 Å². The van der Waals surface area contributed by atoms with E-state index in [-0.39, 0.29) is 35.4 Å². The number of hydrogen-bond acceptors (Lipinski definition) is 7. The van der Waals surface area contributed by atoms with E-state index in [4.69, 9.17) is 4.74 Å². The van der Waals surface area contributed by atoms with Gasteiger partial charge in [-0.2, -0.15) is 0 Å². The molecule has 10 nitrogen and oxygen atoms in total. The molecule has 230 valence electrons. The summed E-state index contributed by atoms with van der Waals surface area (Å²) in [6.07, 6.45) is 4.34. The van der Waals surface area contributed by atoms with Crippen LogP contribution in [0.1, 0.15) is 76.6 Å². The number of nitrogens with zero attached hydrogens (tertiary/aromatic N) is 2. The second kappa shape index (κ2) is 14.0. The molecule has 42 heavy (non-hydrogen) atoms. The average molecular weight is 601 g/mol. The molecule has 3 rings (SSSR count). The lowest BCUT2D eigenvalue weighted by Crippen LogP contribution is -2.40. The molecule has 2 N–H and O–H groups in total. The molecule has 0 spiro atoms. The van der Waals surface area contributed by atoms with Gasteiger partial charge < -0.3 is 25.2 Å². The van der Waals surface area contributed by atoms with Crippen molar-refractivity contribution in [3.05, 3.63) is 48.0 Å². The van der Waals surface area contributed by atoms with Gasteiger partial charge in [-0.15, -0.1) is 0 Å². The van der Waals surface area contributed by atoms with Gasteiger partial charge in [-0.3, -0.25) is 9.59 Å². The maximum absolute atomic E-state index is 13.2. The van der Waals surface area contributed by atoms with Gasteiger partial charge in [-0.25, -0.2) is 13.2 Å². The second-order valence-corrected chi connectivity index (χ2v) is 14.0. The minimum atomic E-state index is -3.38. The maximum atomic E-state index is 13.2. The summed E-state index contributed by atoms with van der Waals surface area (Å²) in [6, 6.07) is 10.9. The third-order valence-corrected chi connectivity index (χ3v) is 8.67. The Hall–Kier alpha value is -3.60. The zero-order valence-corrected chi connectivity index (χ0v) is 26.3. The molecular formula is C31H44N4O6S. The predicted molar refractivity (Wildman–Crippen MR) is 166 cm³/mol. The molecule has 0 aromatic heterocycles. The zero-order chi connectivity index (χ0) is 31.1. The Balaban J connectivity index is 1.67. The van der Waals surface area contributed by atoms with Crippen LogP contribution < -0.4 is 20.4 Å². The van der Waals surface area contributed by atoms with Crippen LogP contribution in [-0.4, -0.2) is 64.4 Å². The Kier molecular flexibility index (Phi) is 11.0. The Bertz CT molecular complexity index is 1370. The van der Waals surface area contributed by atoms with Crippen LogP contribution in [0.4, 0.5) is 21.9 Å². The molecule has 1 aliphatic heterocycles. The van der Waals surface area contributed by atoms with E-state index in [1.807, 2.05) is 0 Å². The van der Waals surface area contributed by atoms with Gasteiger partial charge in [0.25, 0.3) is 5.91 Å². The third kappa shape index (κ3) is 9.20. The molecule has 0 saturated carbocycles. The fourth-order valence-corrected chi connectivity index (χ4v) is 6.11. The molecule has 0 radical (unpaired) electrons. The monoisotopic (exact) mass is 600 g/mol. The molecule has 3 amide bonds. The highest BCUT2D eigenvalue weighted by Crippen LogP contribution is 2.30. The molecule has 2 aromatic carbocycles. The molecule has 11 heteroatoms. The standard InChI is InChI=1S/C31H44N4O6S/c1-7-8-9-10-11-18-42(39,40)25-15-12-22(13-16-25)32-29(37)26-17-14-24(20-27(26)34(5)6)35-21-23(19-28(35)36)33-30(38)41-31(2,3)4/h12-17,20,23H,7-11,18-19,21H2,1-6H3,(H,32,37)(H,33,38)/t23-/m1/s1. The normalized spacial score (nSPS) is 15.4. The molecular weight excluding hydrogens is 556 g/mol. The van der Waals surface area contributed by atoms with Gasteiger partial charge in [0, 0.05) is 38.4 Å². The van der Waals surface area contributed by atoms with Crippen molar-refractivity contribution in [1.29, 1.82) is 0 Å². The van der Waals surface area contributed by atoms with Crippen LogP contribution in [0.3, 0.4) is 0 Å². The quantitative estimate of drug-likeness (QED) is 0.314. The van der Waals surface area contributed by atoms with E-state index < -0.39 is 27.6 Å². The largest absolute Gasteiger partial charge is 0.444 e. The van der Waals surface area contributed by atoms with Crippen molar-refractivity contribution in [1.82, 2.24) is 5.32 Å². The van der Waals surface area contributed by atoms with Gasteiger partial charge in [-0.05, 0) is 69.7 Å². The molecule has 1 aliphatic rings. The Morgan fingerprint density at radius 2 is 1.69 bits per heavy atom. The number of carbonyl (C=O) groups excluding carboxylic acids is 3. The summed E-state index contributed by atoms with van der Waals surface area (Å²) in [5, 5.41) is 5.60. The van der Waals surface area contributed by atoms with E-state index in [9.17, 15) is 22.8 Å². The molecule has 0 unspecified atom stereocenters. The Morgan fingerprint density at radius 3 is 2.31 bits per heavy atom. The second-order valence-electron chi connectivity index (χ2n) is 11.9. The van der Waals surface area contributed by atoms with Crippen molar-refractivity contribution in [2.24, 2.45) is 0 Å². The molecule has 1 atom stereocenters. The SMILES string of the molecule is CCCCCCCS(=O)(=O)c1ccc(NC(=O)c2ccc(N3C[C@H](NC(=O)OC(C)(C)C)CC3=O)cc2N(C)C)cc1. The van der Waals surface area contributed by atoms with Gasteiger partial charge in [0.05, 0.1) is 27.9 Å². The van der Waals surface area contributed by atoms with Crippen LogP contribution in [0.2, 0.25) is 0 Å². The van der Waals surface area contributed by atoms with Crippen molar-refractivity contribution < 1.29 is 27.5 Å². The zero-order valence-electron chi connectivity index (χ0n) is 25.5. The summed E-state index contributed by atoms with van der Waals surface area (Å²) >= 11 is 0. The molecule has 1 heterocycles. The summed E-state index contributed by atoms with van der Waals surface area (Å²) in [4.78, 5) is 41.8. The number of unbranched alkanes of at least 4 members (excludes halogenated alkanes) is 4. The van der Waals surface area contributed by atoms with Gasteiger partial charge in [-0.1, -0.05) is 32.6 Å². The Labute approximate surface area is 249 Å². The first-order valence-corrected chi connectivity index (χ1v) is 16.1. The van der Waals surface area contributed by atoms with Crippen LogP contribution in [0.5, 0.6) is 0 Å². The number of sulfone groups is 1. The van der Waals surface area contributed by atoms with Crippen molar-refractivity contribution in [2.45, 2.75) is 82.8 Å². The van der Waals surface area contributed by atoms with Crippen LogP contribution in [0.25, 0.3) is 0 Å². The number of rotatable bonds is 12. The number of alkyl carbamates (subject to hydrolysis) is 1. The number of amides is 3. The van der Waals surface area contributed by atoms with Gasteiger partial charge in [0.1, 0.15) is 5.60 Å². The molecule has 0 aliphatic carbocycles. The first-order chi connectivity index (χ1) is 19.7. The van der Waals surface area contributed by atoms with E-state index in [0.29, 0.717) is 29.0 Å². The maximum Gasteiger partial charge on any atom is 0.407 e. The van der Waals surface area contributed by atoms with Crippen LogP contribution >= 0.6 is 0 Å². The molecule has 2 aromatic rings. The third-order valence-electron chi connectivity index (χ3n) is 6.85. The number of anilines is 3. The van der Waals surface area contributed by atoms with Gasteiger partial charge >= 0.3 is 6.09 Å². The minimum Gasteiger partial charge on any atom is -0.444 e. The summed E-state index contributed by atoms with van der Waals surface area (Å²) in [6.45, 7) is 7.72. The minimum absolute atomic E-state index is 0.109. The van der Waals surface area contributed by atoms with Crippen LogP contribution in [0.15, 0.2) is 47.4 Å². The number of benzene rings is 2. The topological polar surface area (TPSA) is 125 Å². The van der Waals surface area contributed by atoms with Crippen molar-refractivity contribution in [2.75, 3.05) is 41.5 Å². The van der Waals surface area contributed by atoms with E-state index >= 15 is 0 Å². The first-order valence-electron chi connectivity index (χ1n) is 14.5. The summed E-state index contributed by atoms with van der Waals surface area (Å²) in [5.41, 5.74) is 1.43. The summed E-state index contributed by atoms with van der Waals surface area (Å²) < 4.78 is 30.7. The lowest BCUT2D eigenvalue weighted by molar-refractivity contribution is -0.117. The lowest BCUT2D eigenvalue weighted by atomic mass is 10.1. The fourth-order valence-electron chi connectivity index (χ4n) is 4.74. The number of nitrogens with one attached hydrogen (secondary N) is 2. The van der Waals surface area contributed by atoms with Gasteiger partial charge in [0.15, 0.2) is 9.84 Å². The van der Waals surface area contributed by atoms with Crippen LogP contribution in [0, 0.1) is 0 Å².